The third-order valence-electron chi connectivity index (χ3n) is 3.57. The van der Waals surface area contributed by atoms with Crippen LogP contribution in [0, 0.1) is 11.3 Å². The molecule has 5 nitrogen and oxygen atoms in total. The highest BCUT2D eigenvalue weighted by Crippen LogP contribution is 2.24. The Kier molecular flexibility index (Phi) is 3.58. The van der Waals surface area contributed by atoms with Crippen LogP contribution in [0.4, 0.5) is 11.5 Å². The molecule has 22 heavy (non-hydrogen) atoms. The van der Waals surface area contributed by atoms with E-state index in [-0.39, 0.29) is 0 Å². The van der Waals surface area contributed by atoms with Gasteiger partial charge < -0.3 is 9.47 Å². The smallest absolute Gasteiger partial charge is 0.134 e. The van der Waals surface area contributed by atoms with Gasteiger partial charge in [-0.05, 0) is 23.8 Å². The van der Waals surface area contributed by atoms with E-state index in [2.05, 4.69) is 9.97 Å². The normalized spacial score (nSPS) is 11.0. The Morgan fingerprint density at radius 3 is 2.73 bits per heavy atom. The maximum absolute atomic E-state index is 8.55. The fourth-order valence-corrected chi connectivity index (χ4v) is 2.28. The molecule has 0 aliphatic rings. The number of nitrogens with zero attached hydrogens (tertiary/aromatic N) is 5. The first-order valence-electron chi connectivity index (χ1n) is 6.86. The summed E-state index contributed by atoms with van der Waals surface area (Å²) in [5.41, 5.74) is 3.96. The second-order valence-electron chi connectivity index (χ2n) is 5.00. The van der Waals surface area contributed by atoms with Crippen molar-refractivity contribution in [3.8, 4) is 6.07 Å². The molecule has 1 aromatic carbocycles. The first-order chi connectivity index (χ1) is 10.7. The van der Waals surface area contributed by atoms with E-state index in [1.165, 1.54) is 6.08 Å². The summed E-state index contributed by atoms with van der Waals surface area (Å²) in [6.07, 6.45) is 6.82. The number of allylic oxidation sites excluding steroid dienone is 1. The summed E-state index contributed by atoms with van der Waals surface area (Å²) < 4.78 is 1.98. The minimum absolute atomic E-state index is 0.858. The predicted octanol–water partition coefficient (Wildman–Crippen LogP) is 3.27. The fraction of sp³-hybridized carbons (Fsp3) is 0.118. The first kappa shape index (κ1) is 13.8. The van der Waals surface area contributed by atoms with Gasteiger partial charge >= 0.3 is 0 Å². The van der Waals surface area contributed by atoms with E-state index < -0.39 is 0 Å². The summed E-state index contributed by atoms with van der Waals surface area (Å²) in [5, 5.41) is 8.55. The molecule has 0 amide bonds. The van der Waals surface area contributed by atoms with E-state index in [4.69, 9.17) is 5.26 Å². The quantitative estimate of drug-likeness (QED) is 0.694. The highest BCUT2D eigenvalue weighted by atomic mass is 15.2. The number of aryl methyl sites for hydroxylation is 1. The molecular formula is C17H15N5. The van der Waals surface area contributed by atoms with Crippen molar-refractivity contribution in [3.05, 3.63) is 54.5 Å². The van der Waals surface area contributed by atoms with Crippen LogP contribution in [0.3, 0.4) is 0 Å². The molecular weight excluding hydrogens is 274 g/mol. The van der Waals surface area contributed by atoms with Gasteiger partial charge in [-0.1, -0.05) is 12.1 Å². The lowest BCUT2D eigenvalue weighted by atomic mass is 10.2. The highest BCUT2D eigenvalue weighted by Gasteiger charge is 2.08. The summed E-state index contributed by atoms with van der Waals surface area (Å²) in [6, 6.07) is 12.0. The largest absolute Gasteiger partial charge is 0.334 e. The number of nitriles is 1. The summed E-state index contributed by atoms with van der Waals surface area (Å²) >= 11 is 0. The summed E-state index contributed by atoms with van der Waals surface area (Å²) in [6.45, 7) is 0. The van der Waals surface area contributed by atoms with Crippen molar-refractivity contribution >= 4 is 28.6 Å². The lowest BCUT2D eigenvalue weighted by molar-refractivity contribution is 0.946. The number of rotatable bonds is 3. The maximum Gasteiger partial charge on any atom is 0.134 e. The van der Waals surface area contributed by atoms with Gasteiger partial charge in [0, 0.05) is 31.9 Å². The van der Waals surface area contributed by atoms with Gasteiger partial charge in [0.15, 0.2) is 0 Å². The zero-order valence-corrected chi connectivity index (χ0v) is 12.4. The number of pyridine rings is 1. The van der Waals surface area contributed by atoms with Gasteiger partial charge in [0.2, 0.25) is 0 Å². The van der Waals surface area contributed by atoms with Crippen molar-refractivity contribution in [2.24, 2.45) is 7.05 Å². The molecule has 2 aromatic heterocycles. The van der Waals surface area contributed by atoms with Crippen molar-refractivity contribution in [3.63, 3.8) is 0 Å². The van der Waals surface area contributed by atoms with Crippen LogP contribution >= 0.6 is 0 Å². The molecule has 0 aliphatic carbocycles. The average Bonchev–Trinajstić information content (AvgIpc) is 2.93. The van der Waals surface area contributed by atoms with Gasteiger partial charge in [-0.2, -0.15) is 5.26 Å². The number of hydrogen-bond donors (Lipinski definition) is 0. The van der Waals surface area contributed by atoms with Gasteiger partial charge in [0.25, 0.3) is 0 Å². The topological polar surface area (TPSA) is 57.7 Å². The Hall–Kier alpha value is -3.13. The molecule has 0 atom stereocenters. The maximum atomic E-state index is 8.55. The summed E-state index contributed by atoms with van der Waals surface area (Å²) in [7, 11) is 3.94. The molecule has 0 unspecified atom stereocenters. The number of aromatic nitrogens is 3. The van der Waals surface area contributed by atoms with E-state index in [0.29, 0.717) is 0 Å². The zero-order valence-electron chi connectivity index (χ0n) is 12.4. The Labute approximate surface area is 128 Å². The molecule has 0 radical (unpaired) electrons. The molecule has 5 heteroatoms. The highest BCUT2D eigenvalue weighted by molar-refractivity contribution is 5.78. The SMILES string of the molecule is CN(c1ccc(C=CC#N)cc1)c1cc2c(cn1)ncn2C. The molecule has 0 bridgehead atoms. The Morgan fingerprint density at radius 1 is 1.23 bits per heavy atom. The zero-order chi connectivity index (χ0) is 15.5. The lowest BCUT2D eigenvalue weighted by Gasteiger charge is -2.18. The van der Waals surface area contributed by atoms with Crippen LogP contribution < -0.4 is 4.90 Å². The number of anilines is 2. The number of imidazole rings is 1. The molecule has 0 spiro atoms. The Bertz CT molecular complexity index is 868. The molecule has 108 valence electrons. The van der Waals surface area contributed by atoms with Crippen LogP contribution in [0.5, 0.6) is 0 Å². The van der Waals surface area contributed by atoms with E-state index in [9.17, 15) is 0 Å². The second-order valence-corrected chi connectivity index (χ2v) is 5.00. The van der Waals surface area contributed by atoms with Crippen LogP contribution in [0.15, 0.2) is 48.9 Å². The van der Waals surface area contributed by atoms with E-state index in [0.717, 1.165) is 28.1 Å². The fourth-order valence-electron chi connectivity index (χ4n) is 2.28. The molecule has 0 saturated carbocycles. The Balaban J connectivity index is 1.91. The van der Waals surface area contributed by atoms with Crippen LogP contribution in [0.2, 0.25) is 0 Å². The molecule has 0 aliphatic heterocycles. The molecule has 0 saturated heterocycles. The molecule has 2 heterocycles. The van der Waals surface area contributed by atoms with E-state index >= 15 is 0 Å². The standard InChI is InChI=1S/C17H15N5/c1-21-12-20-15-11-19-17(10-16(15)21)22(2)14-7-5-13(6-8-14)4-3-9-18/h3-8,10-12H,1-2H3. The van der Waals surface area contributed by atoms with Crippen molar-refractivity contribution < 1.29 is 0 Å². The van der Waals surface area contributed by atoms with Crippen LogP contribution in [0.25, 0.3) is 17.1 Å². The predicted molar refractivity (Wildman–Crippen MR) is 87.7 cm³/mol. The monoisotopic (exact) mass is 289 g/mol. The minimum atomic E-state index is 0.858. The molecule has 0 fully saturated rings. The van der Waals surface area contributed by atoms with Gasteiger partial charge in [-0.25, -0.2) is 9.97 Å². The Morgan fingerprint density at radius 2 is 2.00 bits per heavy atom. The minimum Gasteiger partial charge on any atom is -0.334 e. The molecule has 3 aromatic rings. The number of benzene rings is 1. The third-order valence-corrected chi connectivity index (χ3v) is 3.57. The summed E-state index contributed by atoms with van der Waals surface area (Å²) in [5.74, 6) is 0.858. The van der Waals surface area contributed by atoms with Gasteiger partial charge in [0.05, 0.1) is 24.1 Å². The van der Waals surface area contributed by atoms with E-state index in [1.54, 1.807) is 18.6 Å². The van der Waals surface area contributed by atoms with Gasteiger partial charge in [0.1, 0.15) is 11.3 Å². The van der Waals surface area contributed by atoms with Crippen molar-refractivity contribution in [2.75, 3.05) is 11.9 Å². The average molecular weight is 289 g/mol. The number of hydrogen-bond acceptors (Lipinski definition) is 4. The lowest BCUT2D eigenvalue weighted by Crippen LogP contribution is -2.11. The molecule has 0 N–H and O–H groups in total. The number of fused-ring (bicyclic) bond motifs is 1. The molecule has 3 rings (SSSR count). The van der Waals surface area contributed by atoms with E-state index in [1.807, 2.05) is 60.0 Å². The second kappa shape index (κ2) is 5.70. The first-order valence-corrected chi connectivity index (χ1v) is 6.86. The van der Waals surface area contributed by atoms with Gasteiger partial charge in [-0.15, -0.1) is 0 Å². The van der Waals surface area contributed by atoms with Crippen LogP contribution in [-0.2, 0) is 7.05 Å². The third kappa shape index (κ3) is 2.54. The van der Waals surface area contributed by atoms with Crippen molar-refractivity contribution in [1.29, 1.82) is 5.26 Å². The summed E-state index contributed by atoms with van der Waals surface area (Å²) in [4.78, 5) is 10.8. The van der Waals surface area contributed by atoms with Crippen LogP contribution in [-0.4, -0.2) is 21.6 Å². The van der Waals surface area contributed by atoms with Crippen LogP contribution in [0.1, 0.15) is 5.56 Å². The van der Waals surface area contributed by atoms with Gasteiger partial charge in [-0.3, -0.25) is 0 Å². The van der Waals surface area contributed by atoms with Crippen molar-refractivity contribution in [2.45, 2.75) is 0 Å². The van der Waals surface area contributed by atoms with Crippen molar-refractivity contribution in [1.82, 2.24) is 14.5 Å².